The zero-order chi connectivity index (χ0) is 12.5. The van der Waals surface area contributed by atoms with Crippen LogP contribution in [0.5, 0.6) is 0 Å². The molecule has 1 rings (SSSR count). The molecular formula is C15H30N2. The minimum absolute atomic E-state index is 0.867. The van der Waals surface area contributed by atoms with Gasteiger partial charge in [0.25, 0.3) is 0 Å². The first kappa shape index (κ1) is 14.4. The van der Waals surface area contributed by atoms with E-state index < -0.39 is 0 Å². The van der Waals surface area contributed by atoms with E-state index in [9.17, 15) is 0 Å². The lowest BCUT2D eigenvalue weighted by atomic mass is 10.1. The van der Waals surface area contributed by atoms with Crippen molar-refractivity contribution in [2.75, 3.05) is 19.8 Å². The average Bonchev–Trinajstić information content (AvgIpc) is 2.73. The Bertz CT molecular complexity index is 211. The summed E-state index contributed by atoms with van der Waals surface area (Å²) in [4.78, 5) is 4.88. The highest BCUT2D eigenvalue weighted by atomic mass is 15.3. The van der Waals surface area contributed by atoms with Crippen molar-refractivity contribution in [1.29, 1.82) is 0 Å². The highest BCUT2D eigenvalue weighted by Crippen LogP contribution is 2.12. The van der Waals surface area contributed by atoms with E-state index in [2.05, 4.69) is 43.0 Å². The molecule has 0 fully saturated rings. The van der Waals surface area contributed by atoms with Gasteiger partial charge in [-0.1, -0.05) is 46.5 Å². The van der Waals surface area contributed by atoms with Crippen LogP contribution in [0, 0.1) is 5.92 Å². The molecule has 0 saturated heterocycles. The highest BCUT2D eigenvalue weighted by molar-refractivity contribution is 4.90. The monoisotopic (exact) mass is 238 g/mol. The molecule has 0 atom stereocenters. The molecule has 2 nitrogen and oxygen atoms in total. The molecule has 1 aliphatic rings. The molecule has 1 aliphatic heterocycles. The van der Waals surface area contributed by atoms with Crippen LogP contribution in [0.3, 0.4) is 0 Å². The van der Waals surface area contributed by atoms with Crippen LogP contribution in [-0.4, -0.2) is 29.6 Å². The number of nitrogens with zero attached hydrogens (tertiary/aromatic N) is 2. The van der Waals surface area contributed by atoms with E-state index in [1.54, 1.807) is 0 Å². The van der Waals surface area contributed by atoms with Crippen LogP contribution < -0.4 is 0 Å². The second-order valence-corrected chi connectivity index (χ2v) is 5.66. The molecule has 0 spiro atoms. The first-order valence-corrected chi connectivity index (χ1v) is 7.38. The summed E-state index contributed by atoms with van der Waals surface area (Å²) in [7, 11) is 0. The average molecular weight is 238 g/mol. The molecule has 2 heteroatoms. The van der Waals surface area contributed by atoms with Gasteiger partial charge in [-0.25, -0.2) is 0 Å². The van der Waals surface area contributed by atoms with Crippen LogP contribution in [0.4, 0.5) is 0 Å². The number of hydrogen-bond acceptors (Lipinski definition) is 2. The summed E-state index contributed by atoms with van der Waals surface area (Å²) in [5.74, 6) is 0.867. The van der Waals surface area contributed by atoms with Crippen molar-refractivity contribution in [3.05, 3.63) is 12.4 Å². The molecule has 1 heterocycles. The van der Waals surface area contributed by atoms with Crippen LogP contribution in [0.15, 0.2) is 12.4 Å². The third-order valence-electron chi connectivity index (χ3n) is 3.38. The van der Waals surface area contributed by atoms with E-state index in [-0.39, 0.29) is 0 Å². The lowest BCUT2D eigenvalue weighted by Gasteiger charge is -2.21. The number of hydrogen-bond donors (Lipinski definition) is 0. The largest absolute Gasteiger partial charge is 0.359 e. The highest BCUT2D eigenvalue weighted by Gasteiger charge is 2.10. The second kappa shape index (κ2) is 8.43. The van der Waals surface area contributed by atoms with E-state index in [0.29, 0.717) is 0 Å². The normalized spacial score (nSPS) is 15.3. The zero-order valence-electron chi connectivity index (χ0n) is 12.0. The Hall–Kier alpha value is -0.660. The fraction of sp³-hybridized carbons (Fsp3) is 0.867. The summed E-state index contributed by atoms with van der Waals surface area (Å²) in [5.41, 5.74) is 0. The van der Waals surface area contributed by atoms with Crippen molar-refractivity contribution < 1.29 is 0 Å². The molecule has 100 valence electrons. The van der Waals surface area contributed by atoms with Crippen LogP contribution in [0.2, 0.25) is 0 Å². The molecule has 0 N–H and O–H groups in total. The van der Waals surface area contributed by atoms with Crippen molar-refractivity contribution in [2.24, 2.45) is 5.92 Å². The molecule has 0 radical (unpaired) electrons. The first-order chi connectivity index (χ1) is 8.22. The summed E-state index contributed by atoms with van der Waals surface area (Å²) in [6, 6.07) is 0. The van der Waals surface area contributed by atoms with Gasteiger partial charge in [-0.05, 0) is 18.8 Å². The van der Waals surface area contributed by atoms with E-state index in [4.69, 9.17) is 0 Å². The fourth-order valence-electron chi connectivity index (χ4n) is 2.21. The summed E-state index contributed by atoms with van der Waals surface area (Å²) in [6.45, 7) is 10.5. The minimum atomic E-state index is 0.867. The van der Waals surface area contributed by atoms with Gasteiger partial charge in [0.15, 0.2) is 0 Å². The minimum Gasteiger partial charge on any atom is -0.359 e. The fourth-order valence-corrected chi connectivity index (χ4v) is 2.21. The van der Waals surface area contributed by atoms with Gasteiger partial charge in [-0.15, -0.1) is 0 Å². The third-order valence-corrected chi connectivity index (χ3v) is 3.38. The van der Waals surface area contributed by atoms with Crippen LogP contribution in [0.1, 0.15) is 59.3 Å². The summed E-state index contributed by atoms with van der Waals surface area (Å²) >= 11 is 0. The lowest BCUT2D eigenvalue weighted by Crippen LogP contribution is -2.26. The van der Waals surface area contributed by atoms with Gasteiger partial charge >= 0.3 is 0 Å². The van der Waals surface area contributed by atoms with Gasteiger partial charge in [0.2, 0.25) is 0 Å². The van der Waals surface area contributed by atoms with Gasteiger partial charge in [0, 0.05) is 25.5 Å². The van der Waals surface area contributed by atoms with Gasteiger partial charge in [0.05, 0.1) is 6.67 Å². The summed E-state index contributed by atoms with van der Waals surface area (Å²) < 4.78 is 0. The second-order valence-electron chi connectivity index (χ2n) is 5.66. The third kappa shape index (κ3) is 6.60. The molecule has 0 aliphatic carbocycles. The van der Waals surface area contributed by atoms with Crippen LogP contribution in [-0.2, 0) is 0 Å². The topological polar surface area (TPSA) is 6.48 Å². The Labute approximate surface area is 108 Å². The van der Waals surface area contributed by atoms with Gasteiger partial charge < -0.3 is 9.80 Å². The maximum atomic E-state index is 2.45. The lowest BCUT2D eigenvalue weighted by molar-refractivity contribution is 0.258. The predicted molar refractivity (Wildman–Crippen MR) is 75.6 cm³/mol. The molecule has 0 aromatic carbocycles. The van der Waals surface area contributed by atoms with Crippen molar-refractivity contribution in [2.45, 2.75) is 59.3 Å². The SMILES string of the molecule is CCCCN1C=CN(CCCCCC(C)C)C1. The molecule has 0 saturated carbocycles. The number of unbranched alkanes of at least 4 members (excludes halogenated alkanes) is 3. The first-order valence-electron chi connectivity index (χ1n) is 7.38. The van der Waals surface area contributed by atoms with Crippen LogP contribution >= 0.6 is 0 Å². The summed E-state index contributed by atoms with van der Waals surface area (Å²) in [5, 5.41) is 0. The predicted octanol–water partition coefficient (Wildman–Crippen LogP) is 4.05. The molecule has 0 amide bonds. The molecule has 0 aromatic heterocycles. The van der Waals surface area contributed by atoms with Crippen LogP contribution in [0.25, 0.3) is 0 Å². The van der Waals surface area contributed by atoms with Crippen molar-refractivity contribution >= 4 is 0 Å². The van der Waals surface area contributed by atoms with E-state index in [1.165, 1.54) is 51.6 Å². The molecular weight excluding hydrogens is 208 g/mol. The Kier molecular flexibility index (Phi) is 7.14. The maximum Gasteiger partial charge on any atom is 0.0893 e. The maximum absolute atomic E-state index is 2.45. The van der Waals surface area contributed by atoms with E-state index >= 15 is 0 Å². The smallest absolute Gasteiger partial charge is 0.0893 e. The summed E-state index contributed by atoms with van der Waals surface area (Å²) in [6.07, 6.45) is 12.6. The Morgan fingerprint density at radius 3 is 2.18 bits per heavy atom. The zero-order valence-corrected chi connectivity index (χ0v) is 12.0. The standard InChI is InChI=1S/C15H30N2/c1-4-5-10-16-12-13-17(14-16)11-8-6-7-9-15(2)3/h12-13,15H,4-11,14H2,1-3H3. The van der Waals surface area contributed by atoms with Gasteiger partial charge in [0.1, 0.15) is 0 Å². The Morgan fingerprint density at radius 1 is 0.941 bits per heavy atom. The van der Waals surface area contributed by atoms with E-state index in [0.717, 1.165) is 12.6 Å². The number of rotatable bonds is 9. The Morgan fingerprint density at radius 2 is 1.59 bits per heavy atom. The molecule has 0 aromatic rings. The molecule has 17 heavy (non-hydrogen) atoms. The van der Waals surface area contributed by atoms with Gasteiger partial charge in [-0.2, -0.15) is 0 Å². The Balaban J connectivity index is 1.97. The van der Waals surface area contributed by atoms with Gasteiger partial charge in [-0.3, -0.25) is 0 Å². The van der Waals surface area contributed by atoms with Crippen molar-refractivity contribution in [3.63, 3.8) is 0 Å². The molecule has 0 unspecified atom stereocenters. The van der Waals surface area contributed by atoms with E-state index in [1.807, 2.05) is 0 Å². The quantitative estimate of drug-likeness (QED) is 0.559. The van der Waals surface area contributed by atoms with Crippen molar-refractivity contribution in [1.82, 2.24) is 9.80 Å². The van der Waals surface area contributed by atoms with Crippen molar-refractivity contribution in [3.8, 4) is 0 Å². The molecule has 0 bridgehead atoms.